The predicted octanol–water partition coefficient (Wildman–Crippen LogP) is 1.98. The standard InChI is InChI=1S/C12H15NO/c13-8-2-5-10-4-1-7-12-11(10)6-3-9-14-12/h1-2,4-5,7H,3,6,8-9,13H2/b5-2+. The molecule has 0 amide bonds. The van der Waals surface area contributed by atoms with Crippen LogP contribution in [0.3, 0.4) is 0 Å². The summed E-state index contributed by atoms with van der Waals surface area (Å²) in [6, 6.07) is 6.17. The van der Waals surface area contributed by atoms with Gasteiger partial charge in [0.15, 0.2) is 0 Å². The molecular weight excluding hydrogens is 174 g/mol. The van der Waals surface area contributed by atoms with E-state index in [1.54, 1.807) is 0 Å². The van der Waals surface area contributed by atoms with E-state index in [-0.39, 0.29) is 0 Å². The van der Waals surface area contributed by atoms with Crippen LogP contribution in [-0.4, -0.2) is 13.2 Å². The van der Waals surface area contributed by atoms with Crippen LogP contribution in [0, 0.1) is 0 Å². The predicted molar refractivity (Wildman–Crippen MR) is 58.3 cm³/mol. The Labute approximate surface area is 84.4 Å². The first-order valence-electron chi connectivity index (χ1n) is 5.03. The van der Waals surface area contributed by atoms with Gasteiger partial charge in [-0.1, -0.05) is 24.3 Å². The molecule has 0 fully saturated rings. The molecule has 1 heterocycles. The van der Waals surface area contributed by atoms with Gasteiger partial charge in [0.2, 0.25) is 0 Å². The Hall–Kier alpha value is -1.28. The van der Waals surface area contributed by atoms with E-state index in [9.17, 15) is 0 Å². The third kappa shape index (κ3) is 1.80. The van der Waals surface area contributed by atoms with Crippen LogP contribution in [0.5, 0.6) is 5.75 Å². The molecule has 14 heavy (non-hydrogen) atoms. The summed E-state index contributed by atoms with van der Waals surface area (Å²) >= 11 is 0. The van der Waals surface area contributed by atoms with Crippen molar-refractivity contribution in [2.45, 2.75) is 12.8 Å². The van der Waals surface area contributed by atoms with E-state index < -0.39 is 0 Å². The molecular formula is C12H15NO. The monoisotopic (exact) mass is 189 g/mol. The smallest absolute Gasteiger partial charge is 0.123 e. The first kappa shape index (κ1) is 9.28. The van der Waals surface area contributed by atoms with E-state index in [4.69, 9.17) is 10.5 Å². The molecule has 1 aromatic rings. The number of hydrogen-bond donors (Lipinski definition) is 1. The summed E-state index contributed by atoms with van der Waals surface area (Å²) in [6.07, 6.45) is 6.28. The largest absolute Gasteiger partial charge is 0.493 e. The average molecular weight is 189 g/mol. The molecule has 0 bridgehead atoms. The number of hydrogen-bond acceptors (Lipinski definition) is 2. The molecule has 1 aliphatic rings. The molecule has 0 atom stereocenters. The summed E-state index contributed by atoms with van der Waals surface area (Å²) in [4.78, 5) is 0. The Morgan fingerprint density at radius 3 is 3.21 bits per heavy atom. The Balaban J connectivity index is 2.35. The maximum atomic E-state index is 5.58. The molecule has 0 saturated carbocycles. The first-order chi connectivity index (χ1) is 6.92. The van der Waals surface area contributed by atoms with E-state index >= 15 is 0 Å². The minimum absolute atomic E-state index is 0.588. The fourth-order valence-electron chi connectivity index (χ4n) is 1.77. The van der Waals surface area contributed by atoms with Gasteiger partial charge < -0.3 is 10.5 Å². The van der Waals surface area contributed by atoms with Gasteiger partial charge >= 0.3 is 0 Å². The lowest BCUT2D eigenvalue weighted by molar-refractivity contribution is 0.288. The van der Waals surface area contributed by atoms with Gasteiger partial charge in [0, 0.05) is 12.1 Å². The van der Waals surface area contributed by atoms with E-state index in [1.807, 2.05) is 18.2 Å². The fraction of sp³-hybridized carbons (Fsp3) is 0.333. The molecule has 1 aliphatic heterocycles. The van der Waals surface area contributed by atoms with Crippen LogP contribution in [-0.2, 0) is 6.42 Å². The van der Waals surface area contributed by atoms with Crippen LogP contribution in [0.15, 0.2) is 24.3 Å². The van der Waals surface area contributed by atoms with Gasteiger partial charge in [-0.3, -0.25) is 0 Å². The van der Waals surface area contributed by atoms with Crippen LogP contribution in [0.4, 0.5) is 0 Å². The van der Waals surface area contributed by atoms with Crippen molar-refractivity contribution in [2.24, 2.45) is 5.73 Å². The van der Waals surface area contributed by atoms with E-state index in [2.05, 4.69) is 12.1 Å². The maximum absolute atomic E-state index is 5.58. The van der Waals surface area contributed by atoms with Gasteiger partial charge in [-0.15, -0.1) is 0 Å². The third-order valence-electron chi connectivity index (χ3n) is 2.43. The van der Waals surface area contributed by atoms with Crippen molar-refractivity contribution in [1.82, 2.24) is 0 Å². The van der Waals surface area contributed by atoms with Crippen molar-refractivity contribution in [2.75, 3.05) is 13.2 Å². The molecule has 2 rings (SSSR count). The number of fused-ring (bicyclic) bond motifs is 1. The lowest BCUT2D eigenvalue weighted by atomic mass is 10.00. The molecule has 0 aliphatic carbocycles. The van der Waals surface area contributed by atoms with Gasteiger partial charge in [-0.05, 0) is 24.5 Å². The topological polar surface area (TPSA) is 35.2 Å². The summed E-state index contributed by atoms with van der Waals surface area (Å²) in [5, 5.41) is 0. The summed E-state index contributed by atoms with van der Waals surface area (Å²) in [5.74, 6) is 1.04. The fourth-order valence-corrected chi connectivity index (χ4v) is 1.77. The van der Waals surface area contributed by atoms with Crippen LogP contribution in [0.25, 0.3) is 6.08 Å². The average Bonchev–Trinajstić information content (AvgIpc) is 2.26. The molecule has 2 N–H and O–H groups in total. The molecule has 2 nitrogen and oxygen atoms in total. The minimum Gasteiger partial charge on any atom is -0.493 e. The van der Waals surface area contributed by atoms with Gasteiger partial charge in [0.1, 0.15) is 5.75 Å². The van der Waals surface area contributed by atoms with Crippen molar-refractivity contribution in [1.29, 1.82) is 0 Å². The maximum Gasteiger partial charge on any atom is 0.123 e. The van der Waals surface area contributed by atoms with E-state index in [0.29, 0.717) is 6.54 Å². The van der Waals surface area contributed by atoms with Crippen LogP contribution in [0.1, 0.15) is 17.5 Å². The zero-order chi connectivity index (χ0) is 9.80. The Morgan fingerprint density at radius 2 is 2.36 bits per heavy atom. The molecule has 1 aromatic carbocycles. The third-order valence-corrected chi connectivity index (χ3v) is 2.43. The zero-order valence-electron chi connectivity index (χ0n) is 8.20. The zero-order valence-corrected chi connectivity index (χ0v) is 8.20. The molecule has 74 valence electrons. The summed E-state index contributed by atoms with van der Waals surface area (Å²) < 4.78 is 5.58. The second-order valence-corrected chi connectivity index (χ2v) is 3.41. The second-order valence-electron chi connectivity index (χ2n) is 3.41. The lowest BCUT2D eigenvalue weighted by Crippen LogP contribution is -2.09. The van der Waals surface area contributed by atoms with E-state index in [0.717, 1.165) is 25.2 Å². The molecule has 0 aromatic heterocycles. The molecule has 2 heteroatoms. The highest BCUT2D eigenvalue weighted by atomic mass is 16.5. The summed E-state index contributed by atoms with van der Waals surface area (Å²) in [6.45, 7) is 1.43. The van der Waals surface area contributed by atoms with Crippen molar-refractivity contribution >= 4 is 6.08 Å². The first-order valence-corrected chi connectivity index (χ1v) is 5.03. The molecule has 0 spiro atoms. The number of nitrogens with two attached hydrogens (primary N) is 1. The Bertz CT molecular complexity index is 344. The van der Waals surface area contributed by atoms with Gasteiger partial charge in [0.05, 0.1) is 6.61 Å². The van der Waals surface area contributed by atoms with Crippen LogP contribution < -0.4 is 10.5 Å². The number of ether oxygens (including phenoxy) is 1. The van der Waals surface area contributed by atoms with Crippen LogP contribution in [0.2, 0.25) is 0 Å². The SMILES string of the molecule is NC/C=C/c1cccc2c1CCCO2. The highest BCUT2D eigenvalue weighted by Gasteiger charge is 2.11. The molecule has 0 saturated heterocycles. The van der Waals surface area contributed by atoms with Gasteiger partial charge in [0.25, 0.3) is 0 Å². The molecule has 0 unspecified atom stereocenters. The van der Waals surface area contributed by atoms with Gasteiger partial charge in [-0.2, -0.15) is 0 Å². The summed E-state index contributed by atoms with van der Waals surface area (Å²) in [7, 11) is 0. The van der Waals surface area contributed by atoms with Crippen LogP contribution >= 0.6 is 0 Å². The Morgan fingerprint density at radius 1 is 1.43 bits per heavy atom. The van der Waals surface area contributed by atoms with E-state index in [1.165, 1.54) is 11.1 Å². The highest BCUT2D eigenvalue weighted by molar-refractivity contribution is 5.58. The van der Waals surface area contributed by atoms with Crippen molar-refractivity contribution in [3.05, 3.63) is 35.4 Å². The summed E-state index contributed by atoms with van der Waals surface area (Å²) in [5.41, 5.74) is 8.00. The van der Waals surface area contributed by atoms with Gasteiger partial charge in [-0.25, -0.2) is 0 Å². The number of rotatable bonds is 2. The van der Waals surface area contributed by atoms with Crippen molar-refractivity contribution in [3.63, 3.8) is 0 Å². The highest BCUT2D eigenvalue weighted by Crippen LogP contribution is 2.28. The number of benzene rings is 1. The lowest BCUT2D eigenvalue weighted by Gasteiger charge is -2.18. The van der Waals surface area contributed by atoms with Crippen molar-refractivity contribution < 1.29 is 4.74 Å². The van der Waals surface area contributed by atoms with Crippen molar-refractivity contribution in [3.8, 4) is 5.75 Å². The molecule has 0 radical (unpaired) electrons. The quantitative estimate of drug-likeness (QED) is 0.772. The normalized spacial score (nSPS) is 15.2. The second kappa shape index (κ2) is 4.29. The minimum atomic E-state index is 0.588. The Kier molecular flexibility index (Phi) is 2.84.